The predicted octanol–water partition coefficient (Wildman–Crippen LogP) is 1.61. The summed E-state index contributed by atoms with van der Waals surface area (Å²) in [6.45, 7) is 4.65. The van der Waals surface area contributed by atoms with Crippen LogP contribution in [-0.4, -0.2) is 43.2 Å². The van der Waals surface area contributed by atoms with E-state index in [0.29, 0.717) is 31.3 Å². The molecule has 0 radical (unpaired) electrons. The molecule has 1 aromatic rings. The molecule has 1 aliphatic carbocycles. The molecule has 1 fully saturated rings. The van der Waals surface area contributed by atoms with Gasteiger partial charge in [0, 0.05) is 13.3 Å². The number of ether oxygens (including phenoxy) is 2. The smallest absolute Gasteiger partial charge is 0.274 e. The van der Waals surface area contributed by atoms with Gasteiger partial charge in [0.05, 0.1) is 6.61 Å². The number of hydrogen-bond acceptors (Lipinski definition) is 5. The summed E-state index contributed by atoms with van der Waals surface area (Å²) in [4.78, 5) is 28.5. The first-order chi connectivity index (χ1) is 11.9. The van der Waals surface area contributed by atoms with Crippen molar-refractivity contribution in [2.24, 2.45) is 11.7 Å². The van der Waals surface area contributed by atoms with Crippen LogP contribution in [0.25, 0.3) is 0 Å². The molecular formula is C18H27N3O4. The second-order valence-corrected chi connectivity index (χ2v) is 6.79. The van der Waals surface area contributed by atoms with Crippen LogP contribution in [0.3, 0.4) is 0 Å². The number of pyridine rings is 1. The van der Waals surface area contributed by atoms with Crippen molar-refractivity contribution < 1.29 is 19.1 Å². The maximum atomic E-state index is 12.6. The Balaban J connectivity index is 2.16. The molecule has 2 rings (SSSR count). The molecule has 7 nitrogen and oxygen atoms in total. The van der Waals surface area contributed by atoms with Crippen molar-refractivity contribution in [1.82, 2.24) is 10.3 Å². The highest BCUT2D eigenvalue weighted by Crippen LogP contribution is 2.41. The number of carbonyl (C=O) groups is 2. The van der Waals surface area contributed by atoms with Crippen molar-refractivity contribution in [3.05, 3.63) is 23.5 Å². The Morgan fingerprint density at radius 2 is 2.08 bits per heavy atom. The van der Waals surface area contributed by atoms with E-state index in [1.165, 1.54) is 0 Å². The zero-order valence-corrected chi connectivity index (χ0v) is 15.1. The number of amides is 2. The maximum absolute atomic E-state index is 12.6. The van der Waals surface area contributed by atoms with E-state index < -0.39 is 17.9 Å². The second-order valence-electron chi connectivity index (χ2n) is 6.79. The van der Waals surface area contributed by atoms with Gasteiger partial charge in [-0.05, 0) is 42.7 Å². The molecule has 0 aromatic carbocycles. The number of primary amides is 1. The summed E-state index contributed by atoms with van der Waals surface area (Å²) in [5.74, 6) is 0.110. The molecule has 0 spiro atoms. The normalized spacial score (nSPS) is 15.0. The van der Waals surface area contributed by atoms with Gasteiger partial charge in [-0.15, -0.1) is 0 Å². The van der Waals surface area contributed by atoms with Crippen LogP contribution in [0.2, 0.25) is 0 Å². The molecule has 0 saturated heterocycles. The Kier molecular flexibility index (Phi) is 6.75. The number of nitrogens with two attached hydrogens (primary N) is 1. The number of aromatic nitrogens is 1. The van der Waals surface area contributed by atoms with Crippen LogP contribution in [0.5, 0.6) is 5.75 Å². The van der Waals surface area contributed by atoms with Crippen LogP contribution in [0.1, 0.15) is 55.1 Å². The SMILES string of the molecule is COCCOc1cc(C2CC2)cnc1C(=O)N[C@@H](CC(C)C)C(N)=O. The minimum atomic E-state index is -0.732. The van der Waals surface area contributed by atoms with E-state index in [1.807, 2.05) is 19.9 Å². The number of nitrogens with zero attached hydrogens (tertiary/aromatic N) is 1. The van der Waals surface area contributed by atoms with E-state index in [9.17, 15) is 9.59 Å². The van der Waals surface area contributed by atoms with Crippen LogP contribution in [0.15, 0.2) is 12.3 Å². The first-order valence-corrected chi connectivity index (χ1v) is 8.64. The minimum Gasteiger partial charge on any atom is -0.489 e. The average molecular weight is 349 g/mol. The minimum absolute atomic E-state index is 0.163. The van der Waals surface area contributed by atoms with E-state index in [4.69, 9.17) is 15.2 Å². The maximum Gasteiger partial charge on any atom is 0.274 e. The highest BCUT2D eigenvalue weighted by Gasteiger charge is 2.27. The molecule has 0 aliphatic heterocycles. The lowest BCUT2D eigenvalue weighted by Gasteiger charge is -2.18. The van der Waals surface area contributed by atoms with Crippen LogP contribution < -0.4 is 15.8 Å². The van der Waals surface area contributed by atoms with Gasteiger partial charge in [0.2, 0.25) is 5.91 Å². The summed E-state index contributed by atoms with van der Waals surface area (Å²) in [5, 5.41) is 2.67. The molecule has 25 heavy (non-hydrogen) atoms. The number of nitrogens with one attached hydrogen (secondary N) is 1. The molecule has 2 amide bonds. The number of rotatable bonds is 10. The molecule has 0 bridgehead atoms. The van der Waals surface area contributed by atoms with E-state index in [0.717, 1.165) is 18.4 Å². The van der Waals surface area contributed by atoms with Crippen molar-refractivity contribution in [2.45, 2.75) is 45.1 Å². The van der Waals surface area contributed by atoms with Gasteiger partial charge in [0.15, 0.2) is 11.4 Å². The van der Waals surface area contributed by atoms with E-state index in [2.05, 4.69) is 10.3 Å². The summed E-state index contributed by atoms with van der Waals surface area (Å²) in [7, 11) is 1.58. The molecule has 1 saturated carbocycles. The third-order valence-electron chi connectivity index (χ3n) is 4.04. The molecular weight excluding hydrogens is 322 g/mol. The molecule has 1 atom stereocenters. The molecule has 138 valence electrons. The van der Waals surface area contributed by atoms with Crippen molar-refractivity contribution in [3.63, 3.8) is 0 Å². The van der Waals surface area contributed by atoms with E-state index >= 15 is 0 Å². The van der Waals surface area contributed by atoms with Gasteiger partial charge in [0.1, 0.15) is 12.6 Å². The highest BCUT2D eigenvalue weighted by atomic mass is 16.5. The largest absolute Gasteiger partial charge is 0.489 e. The van der Waals surface area contributed by atoms with Gasteiger partial charge < -0.3 is 20.5 Å². The van der Waals surface area contributed by atoms with Crippen molar-refractivity contribution >= 4 is 11.8 Å². The van der Waals surface area contributed by atoms with Gasteiger partial charge >= 0.3 is 0 Å². The second kappa shape index (κ2) is 8.80. The fourth-order valence-electron chi connectivity index (χ4n) is 2.56. The van der Waals surface area contributed by atoms with Gasteiger partial charge in [-0.25, -0.2) is 4.98 Å². The van der Waals surface area contributed by atoms with E-state index in [1.54, 1.807) is 13.3 Å². The zero-order chi connectivity index (χ0) is 18.4. The first kappa shape index (κ1) is 19.2. The lowest BCUT2D eigenvalue weighted by Crippen LogP contribution is -2.45. The quantitative estimate of drug-likeness (QED) is 0.625. The van der Waals surface area contributed by atoms with Gasteiger partial charge in [-0.2, -0.15) is 0 Å². The third kappa shape index (κ3) is 5.70. The summed E-state index contributed by atoms with van der Waals surface area (Å²) < 4.78 is 10.7. The molecule has 7 heteroatoms. The Morgan fingerprint density at radius 3 is 2.64 bits per heavy atom. The number of carbonyl (C=O) groups excluding carboxylic acids is 2. The third-order valence-corrected chi connectivity index (χ3v) is 4.04. The topological polar surface area (TPSA) is 104 Å². The van der Waals surface area contributed by atoms with E-state index in [-0.39, 0.29) is 11.6 Å². The fraction of sp³-hybridized carbons (Fsp3) is 0.611. The summed E-state index contributed by atoms with van der Waals surface area (Å²) >= 11 is 0. The van der Waals surface area contributed by atoms with Gasteiger partial charge in [-0.1, -0.05) is 13.8 Å². The lowest BCUT2D eigenvalue weighted by molar-refractivity contribution is -0.120. The fourth-order valence-corrected chi connectivity index (χ4v) is 2.56. The summed E-state index contributed by atoms with van der Waals surface area (Å²) in [5.41, 5.74) is 6.63. The molecule has 1 aliphatic rings. The number of hydrogen-bond donors (Lipinski definition) is 2. The number of methoxy groups -OCH3 is 1. The van der Waals surface area contributed by atoms with Gasteiger partial charge in [-0.3, -0.25) is 9.59 Å². The van der Waals surface area contributed by atoms with Crippen LogP contribution in [-0.2, 0) is 9.53 Å². The molecule has 1 aromatic heterocycles. The Morgan fingerprint density at radius 1 is 1.36 bits per heavy atom. The van der Waals surface area contributed by atoms with Crippen molar-refractivity contribution in [1.29, 1.82) is 0 Å². The molecule has 1 heterocycles. The van der Waals surface area contributed by atoms with Crippen LogP contribution in [0.4, 0.5) is 0 Å². The first-order valence-electron chi connectivity index (χ1n) is 8.64. The molecule has 0 unspecified atom stereocenters. The highest BCUT2D eigenvalue weighted by molar-refractivity contribution is 5.97. The molecule has 3 N–H and O–H groups in total. The van der Waals surface area contributed by atoms with Gasteiger partial charge in [0.25, 0.3) is 5.91 Å². The van der Waals surface area contributed by atoms with Crippen molar-refractivity contribution in [3.8, 4) is 5.75 Å². The van der Waals surface area contributed by atoms with Crippen LogP contribution in [0, 0.1) is 5.92 Å². The Hall–Kier alpha value is -2.15. The monoisotopic (exact) mass is 349 g/mol. The Labute approximate surface area is 148 Å². The average Bonchev–Trinajstić information content (AvgIpc) is 3.38. The lowest BCUT2D eigenvalue weighted by atomic mass is 10.0. The predicted molar refractivity (Wildman–Crippen MR) is 93.5 cm³/mol. The summed E-state index contributed by atoms with van der Waals surface area (Å²) in [6, 6.07) is 1.13. The standard InChI is InChI=1S/C18H27N3O4/c1-11(2)8-14(17(19)22)21-18(23)16-15(25-7-6-24-3)9-13(10-20-16)12-4-5-12/h9-12,14H,4-8H2,1-3H3,(H2,19,22)(H,21,23)/t14-/m0/s1. The Bertz CT molecular complexity index is 614. The zero-order valence-electron chi connectivity index (χ0n) is 15.1. The van der Waals surface area contributed by atoms with Crippen LogP contribution >= 0.6 is 0 Å². The summed E-state index contributed by atoms with van der Waals surface area (Å²) in [6.07, 6.45) is 4.43. The van der Waals surface area contributed by atoms with Crippen molar-refractivity contribution in [2.75, 3.05) is 20.3 Å².